The van der Waals surface area contributed by atoms with Crippen molar-refractivity contribution in [2.75, 3.05) is 32.3 Å². The summed E-state index contributed by atoms with van der Waals surface area (Å²) < 4.78 is 16.1. The Morgan fingerprint density at radius 3 is 1.90 bits per heavy atom. The van der Waals surface area contributed by atoms with Gasteiger partial charge in [-0.2, -0.15) is 0 Å². The van der Waals surface area contributed by atoms with Gasteiger partial charge in [-0.15, -0.1) is 0 Å². The van der Waals surface area contributed by atoms with Crippen LogP contribution in [0.2, 0.25) is 0 Å². The highest BCUT2D eigenvalue weighted by Crippen LogP contribution is 2.34. The minimum Gasteiger partial charge on any atom is -0.497 e. The van der Waals surface area contributed by atoms with Gasteiger partial charge < -0.3 is 19.1 Å². The lowest BCUT2D eigenvalue weighted by molar-refractivity contribution is -0.126. The number of methoxy groups -OCH3 is 2. The minimum atomic E-state index is -0.481. The molecule has 5 rings (SSSR count). The van der Waals surface area contributed by atoms with E-state index in [0.717, 1.165) is 33.9 Å². The largest absolute Gasteiger partial charge is 0.497 e. The van der Waals surface area contributed by atoms with Crippen LogP contribution in [0.25, 0.3) is 6.08 Å². The molecule has 8 nitrogen and oxygen atoms in total. The van der Waals surface area contributed by atoms with E-state index in [-0.39, 0.29) is 18.3 Å². The number of carbonyl (C=O) groups excluding carboxylic acids is 2. The highest BCUT2D eigenvalue weighted by atomic mass is 16.5. The zero-order chi connectivity index (χ0) is 34.4. The second-order valence-corrected chi connectivity index (χ2v) is 10.9. The molecule has 0 bridgehead atoms. The zero-order valence-electron chi connectivity index (χ0n) is 27.9. The molecule has 0 aliphatic rings. The Balaban J connectivity index is 1.43. The van der Waals surface area contributed by atoms with Gasteiger partial charge in [0.2, 0.25) is 0 Å². The number of esters is 1. The van der Waals surface area contributed by atoms with Crippen LogP contribution in [0.3, 0.4) is 0 Å². The molecule has 5 aromatic rings. The molecule has 0 saturated heterocycles. The molecule has 0 fully saturated rings. The molecular weight excluding hydrogens is 614 g/mol. The van der Waals surface area contributed by atoms with Gasteiger partial charge in [-0.25, -0.2) is 9.79 Å². The van der Waals surface area contributed by atoms with Crippen LogP contribution in [0.5, 0.6) is 5.75 Å². The Bertz CT molecular complexity index is 1830. The minimum absolute atomic E-state index is 0.135. The van der Waals surface area contributed by atoms with Crippen LogP contribution in [0.1, 0.15) is 28.4 Å². The lowest BCUT2D eigenvalue weighted by atomic mass is 10.1. The van der Waals surface area contributed by atoms with E-state index >= 15 is 0 Å². The summed E-state index contributed by atoms with van der Waals surface area (Å²) in [6.45, 7) is 2.29. The summed E-state index contributed by atoms with van der Waals surface area (Å²) in [4.78, 5) is 34.8. The number of amides is 1. The van der Waals surface area contributed by atoms with E-state index in [9.17, 15) is 9.59 Å². The Labute approximate surface area is 287 Å². The molecule has 8 heteroatoms. The molecule has 5 aromatic carbocycles. The van der Waals surface area contributed by atoms with Gasteiger partial charge in [0.05, 0.1) is 38.4 Å². The van der Waals surface area contributed by atoms with Crippen molar-refractivity contribution in [1.29, 1.82) is 0 Å². The lowest BCUT2D eigenvalue weighted by Gasteiger charge is -2.25. The highest BCUT2D eigenvalue weighted by molar-refractivity contribution is 6.02. The van der Waals surface area contributed by atoms with E-state index in [1.54, 1.807) is 44.4 Å². The van der Waals surface area contributed by atoms with Crippen molar-refractivity contribution in [3.05, 3.63) is 156 Å². The Morgan fingerprint density at radius 2 is 1.31 bits per heavy atom. The van der Waals surface area contributed by atoms with Crippen LogP contribution in [0.4, 0.5) is 22.7 Å². The van der Waals surface area contributed by atoms with E-state index in [1.807, 2.05) is 84.9 Å². The van der Waals surface area contributed by atoms with Crippen molar-refractivity contribution in [1.82, 2.24) is 4.90 Å². The fraction of sp³-hybridized carbons (Fsp3) is 0.146. The average Bonchev–Trinajstić information content (AvgIpc) is 3.15. The van der Waals surface area contributed by atoms with E-state index in [0.29, 0.717) is 24.2 Å². The molecule has 0 aliphatic carbocycles. The van der Waals surface area contributed by atoms with Gasteiger partial charge in [-0.05, 0) is 91.2 Å². The number of para-hydroxylation sites is 3. The quantitative estimate of drug-likeness (QED) is 0.0392. The molecule has 49 heavy (non-hydrogen) atoms. The molecule has 0 unspecified atom stereocenters. The molecular formula is C41H39N3O5. The third kappa shape index (κ3) is 9.02. The maximum absolute atomic E-state index is 14.0. The van der Waals surface area contributed by atoms with Gasteiger partial charge in [0.1, 0.15) is 5.75 Å². The number of hydrogen-bond acceptors (Lipinski definition) is 7. The molecule has 0 atom stereocenters. The van der Waals surface area contributed by atoms with E-state index in [4.69, 9.17) is 14.2 Å². The summed E-state index contributed by atoms with van der Waals surface area (Å²) in [6.07, 6.45) is 3.70. The van der Waals surface area contributed by atoms with Crippen LogP contribution >= 0.6 is 0 Å². The maximum atomic E-state index is 14.0. The fourth-order valence-corrected chi connectivity index (χ4v) is 5.17. The number of anilines is 3. The summed E-state index contributed by atoms with van der Waals surface area (Å²) in [5, 5.41) is 0. The third-order valence-corrected chi connectivity index (χ3v) is 7.71. The molecule has 0 radical (unpaired) electrons. The van der Waals surface area contributed by atoms with Crippen molar-refractivity contribution in [2.24, 2.45) is 4.99 Å². The molecule has 0 aromatic heterocycles. The number of aliphatic imine (C=N–C) groups is 1. The Morgan fingerprint density at radius 1 is 0.714 bits per heavy atom. The summed E-state index contributed by atoms with van der Waals surface area (Å²) in [5.74, 6) is 0.0220. The van der Waals surface area contributed by atoms with Gasteiger partial charge in [0.15, 0.2) is 5.76 Å². The predicted molar refractivity (Wildman–Crippen MR) is 195 cm³/mol. The number of nitrogens with zero attached hydrogens (tertiary/aromatic N) is 3. The summed E-state index contributed by atoms with van der Waals surface area (Å²) >= 11 is 0. The second kappa shape index (κ2) is 17.1. The summed E-state index contributed by atoms with van der Waals surface area (Å²) in [7, 11) is 3.09. The zero-order valence-corrected chi connectivity index (χ0v) is 27.9. The molecule has 0 N–H and O–H groups in total. The van der Waals surface area contributed by atoms with Crippen molar-refractivity contribution >= 4 is 47.0 Å². The van der Waals surface area contributed by atoms with Crippen LogP contribution < -0.4 is 9.64 Å². The Hall–Kier alpha value is -6.15. The predicted octanol–water partition coefficient (Wildman–Crippen LogP) is 8.76. The lowest BCUT2D eigenvalue weighted by Crippen LogP contribution is -2.33. The number of hydrogen-bond donors (Lipinski definition) is 0. The van der Waals surface area contributed by atoms with Gasteiger partial charge in [0, 0.05) is 23.6 Å². The molecule has 0 saturated carbocycles. The van der Waals surface area contributed by atoms with Gasteiger partial charge in [-0.3, -0.25) is 9.69 Å². The first-order valence-corrected chi connectivity index (χ1v) is 16.0. The topological polar surface area (TPSA) is 80.7 Å². The van der Waals surface area contributed by atoms with E-state index in [1.165, 1.54) is 18.3 Å². The third-order valence-electron chi connectivity index (χ3n) is 7.71. The van der Waals surface area contributed by atoms with Gasteiger partial charge in [-0.1, -0.05) is 72.8 Å². The van der Waals surface area contributed by atoms with Gasteiger partial charge in [0.25, 0.3) is 5.91 Å². The highest BCUT2D eigenvalue weighted by Gasteiger charge is 2.20. The van der Waals surface area contributed by atoms with E-state index in [2.05, 4.69) is 34.2 Å². The molecule has 1 amide bonds. The van der Waals surface area contributed by atoms with E-state index < -0.39 is 5.97 Å². The summed E-state index contributed by atoms with van der Waals surface area (Å²) in [6, 6.07) is 42.8. The van der Waals surface area contributed by atoms with Crippen molar-refractivity contribution in [2.45, 2.75) is 13.3 Å². The first kappa shape index (κ1) is 34.2. The van der Waals surface area contributed by atoms with Crippen LogP contribution in [-0.4, -0.2) is 50.5 Å². The average molecular weight is 654 g/mol. The van der Waals surface area contributed by atoms with Crippen LogP contribution in [0.15, 0.2) is 144 Å². The standard InChI is InChI=1S/C41H39N3O5/c1-4-49-41(46)37-17-11-12-18-38(37)42-30-43(28-27-31-21-25-36(47-2)26-22-31)40(45)39(48-3)29-32-19-23-35(24-20-32)44(33-13-7-5-8-14-33)34-15-9-6-10-16-34/h5-26,29-30H,4,27-28H2,1-3H3/b39-29+,42-30?. The monoisotopic (exact) mass is 653 g/mol. The van der Waals surface area contributed by atoms with Crippen LogP contribution in [0, 0.1) is 0 Å². The molecule has 0 heterocycles. The number of ether oxygens (including phenoxy) is 3. The van der Waals surface area contributed by atoms with Crippen molar-refractivity contribution < 1.29 is 23.8 Å². The van der Waals surface area contributed by atoms with Crippen molar-refractivity contribution in [3.63, 3.8) is 0 Å². The van der Waals surface area contributed by atoms with Gasteiger partial charge >= 0.3 is 5.97 Å². The SMILES string of the molecule is CCOC(=O)c1ccccc1N=CN(CCc1ccc(OC)cc1)C(=O)/C(=C\c1ccc(N(c2ccccc2)c2ccccc2)cc1)OC. The number of benzene rings is 5. The normalized spacial score (nSPS) is 11.2. The number of rotatable bonds is 14. The molecule has 248 valence electrons. The van der Waals surface area contributed by atoms with Crippen molar-refractivity contribution in [3.8, 4) is 5.75 Å². The number of carbonyl (C=O) groups is 2. The molecule has 0 aliphatic heterocycles. The summed E-state index contributed by atoms with van der Waals surface area (Å²) in [5.41, 5.74) is 5.53. The molecule has 0 spiro atoms. The first-order chi connectivity index (χ1) is 24.0. The maximum Gasteiger partial charge on any atom is 0.340 e. The van der Waals surface area contributed by atoms with Crippen LogP contribution in [-0.2, 0) is 20.7 Å². The second-order valence-electron chi connectivity index (χ2n) is 10.9. The first-order valence-electron chi connectivity index (χ1n) is 16.0. The Kier molecular flexibility index (Phi) is 12.0. The fourth-order valence-electron chi connectivity index (χ4n) is 5.17. The smallest absolute Gasteiger partial charge is 0.340 e.